The standard InChI is InChI=1S/C22H15BrCl2N2O/c23-14-7-5-13(6-8-14)19-12-20-17-11-15(24)9-10-21(17)28-22(27(20)26-19)16-3-1-2-4-18(16)25/h1-11,20,22H,12H2/t20-,22+/m1/s1. The van der Waals surface area contributed by atoms with Gasteiger partial charge in [-0.15, -0.1) is 0 Å². The molecule has 2 atom stereocenters. The Morgan fingerprint density at radius 3 is 2.54 bits per heavy atom. The molecular weight excluding hydrogens is 459 g/mol. The van der Waals surface area contributed by atoms with Crippen LogP contribution in [-0.4, -0.2) is 10.7 Å². The predicted octanol–water partition coefficient (Wildman–Crippen LogP) is 7.00. The van der Waals surface area contributed by atoms with Gasteiger partial charge >= 0.3 is 0 Å². The second-order valence-corrected chi connectivity index (χ2v) is 8.59. The third-order valence-corrected chi connectivity index (χ3v) is 6.21. The largest absolute Gasteiger partial charge is 0.464 e. The SMILES string of the molecule is Clc1ccc2c(c1)[C@H]1CC(c3ccc(Br)cc3)=NN1[C@H](c1ccccc1Cl)O2. The molecule has 2 heterocycles. The molecule has 0 amide bonds. The molecule has 2 aliphatic rings. The molecule has 6 heteroatoms. The fourth-order valence-electron chi connectivity index (χ4n) is 3.76. The lowest BCUT2D eigenvalue weighted by Crippen LogP contribution is -2.33. The van der Waals surface area contributed by atoms with Crippen LogP contribution in [0.25, 0.3) is 0 Å². The molecule has 140 valence electrons. The number of rotatable bonds is 2. The highest BCUT2D eigenvalue weighted by Crippen LogP contribution is 2.49. The molecule has 0 aliphatic carbocycles. The Morgan fingerprint density at radius 1 is 0.964 bits per heavy atom. The fourth-order valence-corrected chi connectivity index (χ4v) is 4.43. The monoisotopic (exact) mass is 472 g/mol. The van der Waals surface area contributed by atoms with Crippen molar-refractivity contribution in [3.05, 3.63) is 97.9 Å². The number of fused-ring (bicyclic) bond motifs is 3. The normalized spacial score (nSPS) is 20.2. The lowest BCUT2D eigenvalue weighted by Gasteiger charge is -2.38. The highest BCUT2D eigenvalue weighted by atomic mass is 79.9. The summed E-state index contributed by atoms with van der Waals surface area (Å²) in [5.41, 5.74) is 4.06. The molecule has 5 rings (SSSR count). The number of nitrogens with zero attached hydrogens (tertiary/aromatic N) is 2. The first kappa shape index (κ1) is 18.0. The van der Waals surface area contributed by atoms with Crippen molar-refractivity contribution in [2.75, 3.05) is 0 Å². The first-order chi connectivity index (χ1) is 13.6. The number of benzene rings is 3. The molecule has 28 heavy (non-hydrogen) atoms. The third-order valence-electron chi connectivity index (χ3n) is 5.10. The van der Waals surface area contributed by atoms with Gasteiger partial charge in [0.1, 0.15) is 5.75 Å². The van der Waals surface area contributed by atoms with Gasteiger partial charge in [0.2, 0.25) is 6.23 Å². The second-order valence-electron chi connectivity index (χ2n) is 6.83. The van der Waals surface area contributed by atoms with Gasteiger partial charge in [-0.05, 0) is 42.0 Å². The Balaban J connectivity index is 1.62. The minimum Gasteiger partial charge on any atom is -0.464 e. The minimum absolute atomic E-state index is 0.0439. The summed E-state index contributed by atoms with van der Waals surface area (Å²) in [5.74, 6) is 0.822. The maximum absolute atomic E-state index is 6.49. The summed E-state index contributed by atoms with van der Waals surface area (Å²) in [6.45, 7) is 0. The summed E-state index contributed by atoms with van der Waals surface area (Å²) in [6.07, 6.45) is 0.388. The van der Waals surface area contributed by atoms with Crippen LogP contribution in [0.4, 0.5) is 0 Å². The summed E-state index contributed by atoms with van der Waals surface area (Å²) in [7, 11) is 0. The maximum Gasteiger partial charge on any atom is 0.215 e. The van der Waals surface area contributed by atoms with E-state index in [1.165, 1.54) is 0 Å². The summed E-state index contributed by atoms with van der Waals surface area (Å²) in [4.78, 5) is 0. The van der Waals surface area contributed by atoms with Gasteiger partial charge in [-0.3, -0.25) is 0 Å². The van der Waals surface area contributed by atoms with Crippen molar-refractivity contribution in [1.29, 1.82) is 0 Å². The Morgan fingerprint density at radius 2 is 1.75 bits per heavy atom. The summed E-state index contributed by atoms with van der Waals surface area (Å²) in [6, 6.07) is 21.7. The van der Waals surface area contributed by atoms with Crippen LogP contribution in [0.2, 0.25) is 10.0 Å². The summed E-state index contributed by atoms with van der Waals surface area (Å²) in [5, 5.41) is 8.31. The molecular formula is C22H15BrCl2N2O. The van der Waals surface area contributed by atoms with Crippen LogP contribution in [0, 0.1) is 0 Å². The zero-order valence-electron chi connectivity index (χ0n) is 14.6. The Bertz CT molecular complexity index is 1080. The van der Waals surface area contributed by atoms with Gasteiger partial charge in [-0.25, -0.2) is 5.01 Å². The molecule has 0 fully saturated rings. The highest BCUT2D eigenvalue weighted by molar-refractivity contribution is 9.10. The van der Waals surface area contributed by atoms with E-state index in [4.69, 9.17) is 33.0 Å². The van der Waals surface area contributed by atoms with E-state index in [1.807, 2.05) is 59.6 Å². The van der Waals surface area contributed by atoms with Gasteiger partial charge in [-0.1, -0.05) is 69.5 Å². The number of hydrazone groups is 1. The van der Waals surface area contributed by atoms with Gasteiger partial charge in [-0.2, -0.15) is 5.10 Å². The maximum atomic E-state index is 6.49. The van der Waals surface area contributed by atoms with Crippen molar-refractivity contribution in [3.63, 3.8) is 0 Å². The van der Waals surface area contributed by atoms with Crippen molar-refractivity contribution in [1.82, 2.24) is 5.01 Å². The molecule has 2 aliphatic heterocycles. The summed E-state index contributed by atoms with van der Waals surface area (Å²) >= 11 is 16.3. The van der Waals surface area contributed by atoms with E-state index < -0.39 is 0 Å². The van der Waals surface area contributed by atoms with Crippen molar-refractivity contribution in [2.45, 2.75) is 18.7 Å². The van der Waals surface area contributed by atoms with E-state index >= 15 is 0 Å². The van der Waals surface area contributed by atoms with E-state index in [2.05, 4.69) is 28.1 Å². The molecule has 0 N–H and O–H groups in total. The van der Waals surface area contributed by atoms with E-state index in [0.717, 1.165) is 39.0 Å². The minimum atomic E-state index is -0.389. The van der Waals surface area contributed by atoms with Crippen molar-refractivity contribution in [3.8, 4) is 5.75 Å². The molecule has 3 aromatic carbocycles. The van der Waals surface area contributed by atoms with Gasteiger partial charge in [0.25, 0.3) is 0 Å². The second kappa shape index (κ2) is 7.11. The zero-order valence-corrected chi connectivity index (χ0v) is 17.7. The van der Waals surface area contributed by atoms with Crippen LogP contribution in [0.1, 0.15) is 35.4 Å². The Hall–Kier alpha value is -2.01. The Labute approximate surface area is 181 Å². The number of ether oxygens (including phenoxy) is 1. The van der Waals surface area contributed by atoms with Gasteiger partial charge in [0.15, 0.2) is 0 Å². The van der Waals surface area contributed by atoms with Crippen molar-refractivity contribution in [2.24, 2.45) is 5.10 Å². The molecule has 0 saturated carbocycles. The molecule has 0 radical (unpaired) electrons. The van der Waals surface area contributed by atoms with Gasteiger partial charge in [0.05, 0.1) is 11.8 Å². The number of hydrogen-bond donors (Lipinski definition) is 0. The average molecular weight is 474 g/mol. The quantitative estimate of drug-likeness (QED) is 0.400. The molecule has 3 nitrogen and oxygen atoms in total. The number of halogens is 3. The predicted molar refractivity (Wildman–Crippen MR) is 116 cm³/mol. The average Bonchev–Trinajstić information content (AvgIpc) is 3.14. The molecule has 0 aromatic heterocycles. The Kier molecular flexibility index (Phi) is 4.58. The van der Waals surface area contributed by atoms with Gasteiger partial charge < -0.3 is 4.74 Å². The molecule has 0 saturated heterocycles. The first-order valence-corrected chi connectivity index (χ1v) is 10.5. The lowest BCUT2D eigenvalue weighted by molar-refractivity contribution is -0.0189. The lowest BCUT2D eigenvalue weighted by atomic mass is 9.96. The highest BCUT2D eigenvalue weighted by Gasteiger charge is 2.41. The number of hydrogen-bond acceptors (Lipinski definition) is 3. The molecule has 3 aromatic rings. The van der Waals surface area contributed by atoms with E-state index in [0.29, 0.717) is 10.0 Å². The van der Waals surface area contributed by atoms with E-state index in [1.54, 1.807) is 0 Å². The van der Waals surface area contributed by atoms with Crippen molar-refractivity contribution >= 4 is 44.8 Å². The fraction of sp³-hybridized carbons (Fsp3) is 0.136. The zero-order chi connectivity index (χ0) is 19.3. The topological polar surface area (TPSA) is 24.8 Å². The van der Waals surface area contributed by atoms with Crippen LogP contribution in [-0.2, 0) is 0 Å². The van der Waals surface area contributed by atoms with Crippen LogP contribution >= 0.6 is 39.1 Å². The summed E-state index contributed by atoms with van der Waals surface area (Å²) < 4.78 is 7.38. The third kappa shape index (κ3) is 3.10. The van der Waals surface area contributed by atoms with Crippen LogP contribution in [0.15, 0.2) is 76.3 Å². The molecule has 0 spiro atoms. The van der Waals surface area contributed by atoms with Crippen LogP contribution < -0.4 is 4.74 Å². The molecule has 0 bridgehead atoms. The van der Waals surface area contributed by atoms with E-state index in [9.17, 15) is 0 Å². The van der Waals surface area contributed by atoms with Crippen LogP contribution in [0.5, 0.6) is 5.75 Å². The van der Waals surface area contributed by atoms with Gasteiger partial charge in [0, 0.05) is 32.1 Å². The van der Waals surface area contributed by atoms with E-state index in [-0.39, 0.29) is 12.3 Å². The molecule has 0 unspecified atom stereocenters. The first-order valence-electron chi connectivity index (χ1n) is 8.92. The van der Waals surface area contributed by atoms with Crippen LogP contribution in [0.3, 0.4) is 0 Å². The van der Waals surface area contributed by atoms with Crippen molar-refractivity contribution < 1.29 is 4.74 Å². The smallest absolute Gasteiger partial charge is 0.215 e.